The lowest BCUT2D eigenvalue weighted by atomic mass is 9.59. The van der Waals surface area contributed by atoms with Gasteiger partial charge in [0.1, 0.15) is 11.6 Å². The molecule has 0 spiro atoms. The van der Waals surface area contributed by atoms with Crippen LogP contribution < -0.4 is 5.32 Å². The molecule has 2 aliphatic carbocycles. The van der Waals surface area contributed by atoms with E-state index >= 15 is 0 Å². The number of fused-ring (bicyclic) bond motifs is 5. The van der Waals surface area contributed by atoms with Gasteiger partial charge in [-0.3, -0.25) is 0 Å². The lowest BCUT2D eigenvalue weighted by molar-refractivity contribution is 0.0605. The molecule has 3 aliphatic rings. The number of aliphatic hydroxyl groups is 1. The molecule has 3 atom stereocenters. The number of nitrogens with zero attached hydrogens (tertiary/aromatic N) is 3. The van der Waals surface area contributed by atoms with Crippen LogP contribution in [0.15, 0.2) is 24.3 Å². The predicted molar refractivity (Wildman–Crippen MR) is 129 cm³/mol. The summed E-state index contributed by atoms with van der Waals surface area (Å²) in [7, 11) is 0. The number of benzene rings is 1. The van der Waals surface area contributed by atoms with E-state index in [1.807, 2.05) is 11.0 Å². The highest BCUT2D eigenvalue weighted by molar-refractivity contribution is 5.74. The Bertz CT molecular complexity index is 1140. The number of urea groups is 1. The summed E-state index contributed by atoms with van der Waals surface area (Å²) in [5.41, 5.74) is 0.730. The summed E-state index contributed by atoms with van der Waals surface area (Å²) in [4.78, 5) is 14.7. The Labute approximate surface area is 205 Å². The Morgan fingerprint density at radius 1 is 1.23 bits per heavy atom. The highest BCUT2D eigenvalue weighted by atomic mass is 19.1. The van der Waals surface area contributed by atoms with Crippen LogP contribution in [0.2, 0.25) is 0 Å². The smallest absolute Gasteiger partial charge is 0.317 e. The average molecular weight is 485 g/mol. The summed E-state index contributed by atoms with van der Waals surface area (Å²) in [6.45, 7) is 9.35. The van der Waals surface area contributed by atoms with Gasteiger partial charge in [-0.25, -0.2) is 13.6 Å². The van der Waals surface area contributed by atoms with E-state index in [-0.39, 0.29) is 46.5 Å². The van der Waals surface area contributed by atoms with Crippen LogP contribution in [-0.2, 0) is 5.41 Å². The molecule has 2 amide bonds. The highest BCUT2D eigenvalue weighted by Crippen LogP contribution is 2.70. The van der Waals surface area contributed by atoms with Crippen molar-refractivity contribution in [1.82, 2.24) is 20.4 Å². The zero-order valence-electron chi connectivity index (χ0n) is 20.9. The Kier molecular flexibility index (Phi) is 5.66. The van der Waals surface area contributed by atoms with E-state index in [1.54, 1.807) is 13.8 Å². The van der Waals surface area contributed by atoms with Gasteiger partial charge in [-0.1, -0.05) is 19.9 Å². The van der Waals surface area contributed by atoms with E-state index < -0.39 is 17.2 Å². The zero-order valence-corrected chi connectivity index (χ0v) is 20.9. The number of carbonyl (C=O) groups excluding carboxylic acids is 1. The fourth-order valence-electron chi connectivity index (χ4n) is 7.11. The monoisotopic (exact) mass is 484 g/mol. The maximum Gasteiger partial charge on any atom is 0.317 e. The van der Waals surface area contributed by atoms with Crippen LogP contribution in [0.3, 0.4) is 0 Å². The van der Waals surface area contributed by atoms with Crippen LogP contribution in [0.5, 0.6) is 0 Å². The molecule has 1 aliphatic heterocycles. The van der Waals surface area contributed by atoms with Gasteiger partial charge >= 0.3 is 6.03 Å². The number of halogens is 2. The molecular formula is C27H34F2N4O2. The van der Waals surface area contributed by atoms with Crippen molar-refractivity contribution in [2.24, 2.45) is 11.3 Å². The van der Waals surface area contributed by atoms with Crippen LogP contribution in [0.25, 0.3) is 11.3 Å². The number of aromatic nitrogens is 2. The number of nitrogens with one attached hydrogen (secondary N) is 1. The van der Waals surface area contributed by atoms with Crippen molar-refractivity contribution < 1.29 is 18.7 Å². The molecule has 5 rings (SSSR count). The Morgan fingerprint density at radius 3 is 2.63 bits per heavy atom. The van der Waals surface area contributed by atoms with Gasteiger partial charge in [0.15, 0.2) is 0 Å². The molecular weight excluding hydrogens is 450 g/mol. The van der Waals surface area contributed by atoms with Crippen molar-refractivity contribution in [1.29, 1.82) is 0 Å². The summed E-state index contributed by atoms with van der Waals surface area (Å²) in [6, 6.07) is 5.51. The van der Waals surface area contributed by atoms with Crippen LogP contribution in [0.1, 0.15) is 70.6 Å². The lowest BCUT2D eigenvalue weighted by Crippen LogP contribution is -2.54. The molecule has 2 aromatic rings. The molecule has 1 aromatic carbocycles. The Balaban J connectivity index is 1.48. The first-order valence-electron chi connectivity index (χ1n) is 12.5. The Morgan fingerprint density at radius 2 is 1.94 bits per heavy atom. The maximum absolute atomic E-state index is 14.5. The van der Waals surface area contributed by atoms with Crippen molar-refractivity contribution in [3.8, 4) is 11.3 Å². The van der Waals surface area contributed by atoms with Crippen LogP contribution in [0.4, 0.5) is 13.6 Å². The highest BCUT2D eigenvalue weighted by Gasteiger charge is 2.66. The minimum absolute atomic E-state index is 0.117. The van der Waals surface area contributed by atoms with Gasteiger partial charge in [-0.05, 0) is 80.5 Å². The first kappa shape index (κ1) is 24.1. The number of piperidine rings is 1. The van der Waals surface area contributed by atoms with Gasteiger partial charge in [0.05, 0.1) is 22.6 Å². The van der Waals surface area contributed by atoms with Gasteiger partial charge in [0.25, 0.3) is 0 Å². The summed E-state index contributed by atoms with van der Waals surface area (Å²) < 4.78 is 29.0. The molecule has 6 nitrogen and oxygen atoms in total. The normalized spacial score (nSPS) is 27.1. The molecule has 2 heterocycles. The third kappa shape index (κ3) is 3.72. The second kappa shape index (κ2) is 8.22. The first-order valence-corrected chi connectivity index (χ1v) is 12.5. The molecule has 1 aromatic heterocycles. The molecule has 8 heteroatoms. The van der Waals surface area contributed by atoms with Crippen LogP contribution in [0, 0.1) is 23.0 Å². The average Bonchev–Trinajstić information content (AvgIpc) is 3.18. The van der Waals surface area contributed by atoms with E-state index in [1.165, 1.54) is 18.2 Å². The van der Waals surface area contributed by atoms with Crippen molar-refractivity contribution in [2.45, 2.75) is 70.3 Å². The molecule has 1 saturated carbocycles. The topological polar surface area (TPSA) is 78.4 Å². The van der Waals surface area contributed by atoms with E-state index in [0.29, 0.717) is 13.1 Å². The number of carbonyl (C=O) groups is 1. The molecule has 35 heavy (non-hydrogen) atoms. The number of hydrogen-bond donors (Lipinski definition) is 2. The number of amides is 2. The summed E-state index contributed by atoms with van der Waals surface area (Å²) in [6.07, 6.45) is 3.82. The second-order valence-electron chi connectivity index (χ2n) is 11.7. The van der Waals surface area contributed by atoms with Crippen molar-refractivity contribution in [3.05, 3.63) is 47.2 Å². The number of likely N-dealkylation sites (tertiary alicyclic amines) is 1. The van der Waals surface area contributed by atoms with E-state index in [2.05, 4.69) is 29.4 Å². The molecule has 0 unspecified atom stereocenters. The quantitative estimate of drug-likeness (QED) is 0.655. The summed E-state index contributed by atoms with van der Waals surface area (Å²) in [5, 5.41) is 21.8. The van der Waals surface area contributed by atoms with Crippen LogP contribution in [-0.4, -0.2) is 51.5 Å². The van der Waals surface area contributed by atoms with Gasteiger partial charge < -0.3 is 15.3 Å². The molecule has 0 radical (unpaired) electrons. The van der Waals surface area contributed by atoms with Crippen molar-refractivity contribution in [2.75, 3.05) is 19.6 Å². The van der Waals surface area contributed by atoms with Gasteiger partial charge in [0, 0.05) is 25.0 Å². The van der Waals surface area contributed by atoms with Gasteiger partial charge in [-0.15, -0.1) is 0 Å². The second-order valence-corrected chi connectivity index (χ2v) is 11.7. The van der Waals surface area contributed by atoms with Gasteiger partial charge in [0.2, 0.25) is 0 Å². The van der Waals surface area contributed by atoms with Crippen LogP contribution >= 0.6 is 0 Å². The number of rotatable bonds is 4. The minimum Gasteiger partial charge on any atom is -0.389 e. The third-order valence-corrected chi connectivity index (χ3v) is 8.77. The van der Waals surface area contributed by atoms with Gasteiger partial charge in [-0.2, -0.15) is 10.2 Å². The summed E-state index contributed by atoms with van der Waals surface area (Å²) in [5.74, 6) is -0.857. The van der Waals surface area contributed by atoms with E-state index in [9.17, 15) is 18.7 Å². The lowest BCUT2D eigenvalue weighted by Gasteiger charge is -2.48. The maximum atomic E-state index is 14.5. The molecule has 2 fully saturated rings. The first-order chi connectivity index (χ1) is 16.5. The predicted octanol–water partition coefficient (Wildman–Crippen LogP) is 4.77. The molecule has 188 valence electrons. The largest absolute Gasteiger partial charge is 0.389 e. The zero-order chi connectivity index (χ0) is 25.2. The standard InChI is InChI=1S/C27H34F2N4O2/c1-25(2,35)15-30-24(34)33-12-6-7-16(14-33)27-11-10-18(26(27,3)4)17-13-21(31-32-23(17)27)22-19(28)8-5-9-20(22)29/h5,8-9,13,16,18,35H,6-7,10-12,14-15H2,1-4H3,(H,30,34)/t16-,18-,27-/m0/s1. The van der Waals surface area contributed by atoms with Crippen molar-refractivity contribution in [3.63, 3.8) is 0 Å². The third-order valence-electron chi connectivity index (χ3n) is 8.77. The minimum atomic E-state index is -0.973. The van der Waals surface area contributed by atoms with Crippen molar-refractivity contribution >= 4 is 6.03 Å². The van der Waals surface area contributed by atoms with E-state index in [0.717, 1.165) is 36.9 Å². The SMILES string of the molecule is CC(C)(O)CNC(=O)N1CCC[C@H]([C@@]23CC[C@@H](c4cc(-c5c(F)cccc5F)nnc42)C3(C)C)C1. The molecule has 1 saturated heterocycles. The summed E-state index contributed by atoms with van der Waals surface area (Å²) >= 11 is 0. The molecule has 2 N–H and O–H groups in total. The van der Waals surface area contributed by atoms with E-state index in [4.69, 9.17) is 0 Å². The number of hydrogen-bond acceptors (Lipinski definition) is 4. The Hall–Kier alpha value is -2.61. The fourth-order valence-corrected chi connectivity index (χ4v) is 7.11. The molecule has 2 bridgehead atoms. The fraction of sp³-hybridized carbons (Fsp3) is 0.593.